The molecular formula is C13H12N4S. The van der Waals surface area contributed by atoms with Crippen molar-refractivity contribution in [2.24, 2.45) is 0 Å². The van der Waals surface area contributed by atoms with Crippen LogP contribution < -0.4 is 4.90 Å². The summed E-state index contributed by atoms with van der Waals surface area (Å²) in [7, 11) is 0. The molecule has 0 aliphatic carbocycles. The molecule has 18 heavy (non-hydrogen) atoms. The Balaban J connectivity index is 1.56. The Morgan fingerprint density at radius 3 is 2.83 bits per heavy atom. The lowest BCUT2D eigenvalue weighted by molar-refractivity contribution is 0.368. The van der Waals surface area contributed by atoms with Gasteiger partial charge >= 0.3 is 0 Å². The Labute approximate surface area is 108 Å². The summed E-state index contributed by atoms with van der Waals surface area (Å²) >= 11 is 1.77. The third-order valence-electron chi connectivity index (χ3n) is 3.31. The largest absolute Gasteiger partial charge is 0.344 e. The normalized spacial score (nSPS) is 16.1. The molecule has 0 saturated carbocycles. The zero-order valence-electron chi connectivity index (χ0n) is 9.73. The molecule has 90 valence electrons. The van der Waals surface area contributed by atoms with Crippen LogP contribution in [0.4, 0.5) is 5.13 Å². The molecule has 1 saturated heterocycles. The first-order chi connectivity index (χ1) is 8.90. The monoisotopic (exact) mass is 256 g/mol. The molecule has 0 unspecified atom stereocenters. The summed E-state index contributed by atoms with van der Waals surface area (Å²) in [6.45, 7) is 2.00. The van der Waals surface area contributed by atoms with Gasteiger partial charge in [-0.05, 0) is 18.2 Å². The standard InChI is InChI=1S/C13H12N4S/c1-2-5-12-11(4-1)15-13(18-12)16-8-10(9-16)17-7-3-6-14-17/h1-7,10H,8-9H2. The highest BCUT2D eigenvalue weighted by Crippen LogP contribution is 2.33. The van der Waals surface area contributed by atoms with Crippen LogP contribution in [0.25, 0.3) is 10.2 Å². The van der Waals surface area contributed by atoms with Gasteiger partial charge in [0.25, 0.3) is 0 Å². The fourth-order valence-corrected chi connectivity index (χ4v) is 3.25. The molecule has 1 aliphatic rings. The van der Waals surface area contributed by atoms with Crippen molar-refractivity contribution < 1.29 is 0 Å². The van der Waals surface area contributed by atoms with E-state index in [1.807, 2.05) is 29.2 Å². The summed E-state index contributed by atoms with van der Waals surface area (Å²) in [5, 5.41) is 5.41. The second-order valence-electron chi connectivity index (χ2n) is 4.51. The van der Waals surface area contributed by atoms with E-state index in [0.717, 1.165) is 23.7 Å². The lowest BCUT2D eigenvalue weighted by Gasteiger charge is -2.38. The van der Waals surface area contributed by atoms with Gasteiger partial charge < -0.3 is 4.90 Å². The molecule has 1 aliphatic heterocycles. The summed E-state index contributed by atoms with van der Waals surface area (Å²) in [6, 6.07) is 10.8. The molecule has 0 amide bonds. The van der Waals surface area contributed by atoms with E-state index in [9.17, 15) is 0 Å². The van der Waals surface area contributed by atoms with Crippen molar-refractivity contribution in [3.63, 3.8) is 0 Å². The van der Waals surface area contributed by atoms with E-state index >= 15 is 0 Å². The maximum atomic E-state index is 4.67. The first-order valence-corrected chi connectivity index (χ1v) is 6.81. The molecule has 0 atom stereocenters. The molecular weight excluding hydrogens is 244 g/mol. The Kier molecular flexibility index (Phi) is 2.14. The lowest BCUT2D eigenvalue weighted by atomic mass is 10.1. The quantitative estimate of drug-likeness (QED) is 0.706. The van der Waals surface area contributed by atoms with Crippen molar-refractivity contribution in [1.29, 1.82) is 0 Å². The van der Waals surface area contributed by atoms with Gasteiger partial charge in [-0.2, -0.15) is 5.10 Å². The molecule has 4 nitrogen and oxygen atoms in total. The SMILES string of the molecule is c1ccc2sc(N3CC(n4cccn4)C3)nc2c1. The van der Waals surface area contributed by atoms with Gasteiger partial charge in [0, 0.05) is 25.5 Å². The van der Waals surface area contributed by atoms with Crippen molar-refractivity contribution in [2.45, 2.75) is 6.04 Å². The average molecular weight is 256 g/mol. The van der Waals surface area contributed by atoms with Crippen molar-refractivity contribution >= 4 is 26.7 Å². The number of hydrogen-bond donors (Lipinski definition) is 0. The summed E-state index contributed by atoms with van der Waals surface area (Å²) in [5.74, 6) is 0. The van der Waals surface area contributed by atoms with Gasteiger partial charge in [-0.15, -0.1) is 0 Å². The summed E-state index contributed by atoms with van der Waals surface area (Å²) in [5.41, 5.74) is 1.10. The van der Waals surface area contributed by atoms with Gasteiger partial charge in [-0.25, -0.2) is 4.98 Å². The van der Waals surface area contributed by atoms with E-state index in [1.165, 1.54) is 4.70 Å². The van der Waals surface area contributed by atoms with E-state index in [-0.39, 0.29) is 0 Å². The molecule has 4 rings (SSSR count). The Hall–Kier alpha value is -1.88. The van der Waals surface area contributed by atoms with Crippen LogP contribution in [0.1, 0.15) is 6.04 Å². The van der Waals surface area contributed by atoms with Gasteiger partial charge in [0.15, 0.2) is 5.13 Å². The fourth-order valence-electron chi connectivity index (χ4n) is 2.27. The number of anilines is 1. The number of nitrogens with zero attached hydrogens (tertiary/aromatic N) is 4. The highest BCUT2D eigenvalue weighted by molar-refractivity contribution is 7.22. The van der Waals surface area contributed by atoms with Crippen molar-refractivity contribution in [2.75, 3.05) is 18.0 Å². The van der Waals surface area contributed by atoms with Crippen LogP contribution in [0, 0.1) is 0 Å². The second kappa shape index (κ2) is 3.81. The third kappa shape index (κ3) is 1.51. The summed E-state index contributed by atoms with van der Waals surface area (Å²) < 4.78 is 3.29. The van der Waals surface area contributed by atoms with Crippen LogP contribution in [-0.4, -0.2) is 27.9 Å². The topological polar surface area (TPSA) is 34.0 Å². The molecule has 3 heterocycles. The Morgan fingerprint density at radius 2 is 2.06 bits per heavy atom. The second-order valence-corrected chi connectivity index (χ2v) is 5.52. The molecule has 0 bridgehead atoms. The molecule has 5 heteroatoms. The summed E-state index contributed by atoms with van der Waals surface area (Å²) in [4.78, 5) is 6.98. The van der Waals surface area contributed by atoms with Crippen LogP contribution in [0.3, 0.4) is 0 Å². The highest BCUT2D eigenvalue weighted by atomic mass is 32.1. The van der Waals surface area contributed by atoms with E-state index in [0.29, 0.717) is 6.04 Å². The first kappa shape index (κ1) is 10.1. The van der Waals surface area contributed by atoms with Gasteiger partial charge in [0.05, 0.1) is 16.3 Å². The highest BCUT2D eigenvalue weighted by Gasteiger charge is 2.30. The van der Waals surface area contributed by atoms with E-state index < -0.39 is 0 Å². The number of aromatic nitrogens is 3. The maximum Gasteiger partial charge on any atom is 0.186 e. The molecule has 3 aromatic rings. The van der Waals surface area contributed by atoms with Crippen LogP contribution >= 0.6 is 11.3 Å². The average Bonchev–Trinajstić information content (AvgIpc) is 2.94. The predicted molar refractivity (Wildman–Crippen MR) is 73.1 cm³/mol. The maximum absolute atomic E-state index is 4.67. The zero-order chi connectivity index (χ0) is 11.9. The van der Waals surface area contributed by atoms with Crippen LogP contribution in [-0.2, 0) is 0 Å². The van der Waals surface area contributed by atoms with Crippen molar-refractivity contribution in [3.8, 4) is 0 Å². The lowest BCUT2D eigenvalue weighted by Crippen LogP contribution is -2.47. The number of thiazole rings is 1. The van der Waals surface area contributed by atoms with Crippen LogP contribution in [0.2, 0.25) is 0 Å². The van der Waals surface area contributed by atoms with Crippen LogP contribution in [0.5, 0.6) is 0 Å². The summed E-state index contributed by atoms with van der Waals surface area (Å²) in [6.07, 6.45) is 3.86. The Bertz CT molecular complexity index is 634. The molecule has 2 aromatic heterocycles. The molecule has 1 fully saturated rings. The zero-order valence-corrected chi connectivity index (χ0v) is 10.5. The third-order valence-corrected chi connectivity index (χ3v) is 4.41. The van der Waals surface area contributed by atoms with Gasteiger partial charge in [-0.3, -0.25) is 4.68 Å². The van der Waals surface area contributed by atoms with Gasteiger partial charge in [0.2, 0.25) is 0 Å². The minimum atomic E-state index is 0.493. The minimum Gasteiger partial charge on any atom is -0.344 e. The van der Waals surface area contributed by atoms with E-state index in [2.05, 4.69) is 33.2 Å². The van der Waals surface area contributed by atoms with E-state index in [4.69, 9.17) is 0 Å². The first-order valence-electron chi connectivity index (χ1n) is 6.00. The van der Waals surface area contributed by atoms with Crippen LogP contribution in [0.15, 0.2) is 42.7 Å². The molecule has 1 aromatic carbocycles. The van der Waals surface area contributed by atoms with Gasteiger partial charge in [-0.1, -0.05) is 23.5 Å². The number of hydrogen-bond acceptors (Lipinski definition) is 4. The van der Waals surface area contributed by atoms with E-state index in [1.54, 1.807) is 11.3 Å². The molecule has 0 N–H and O–H groups in total. The van der Waals surface area contributed by atoms with Crippen molar-refractivity contribution in [1.82, 2.24) is 14.8 Å². The fraction of sp³-hybridized carbons (Fsp3) is 0.231. The Morgan fingerprint density at radius 1 is 1.17 bits per heavy atom. The molecule has 0 spiro atoms. The molecule has 0 radical (unpaired) electrons. The van der Waals surface area contributed by atoms with Gasteiger partial charge in [0.1, 0.15) is 0 Å². The number of benzene rings is 1. The predicted octanol–water partition coefficient (Wildman–Crippen LogP) is 2.55. The number of rotatable bonds is 2. The number of para-hydroxylation sites is 1. The minimum absolute atomic E-state index is 0.493. The van der Waals surface area contributed by atoms with Crippen molar-refractivity contribution in [3.05, 3.63) is 42.7 Å². The number of fused-ring (bicyclic) bond motifs is 1. The smallest absolute Gasteiger partial charge is 0.186 e.